The molecule has 0 bridgehead atoms. The van der Waals surface area contributed by atoms with Gasteiger partial charge in [-0.15, -0.1) is 0 Å². The Morgan fingerprint density at radius 3 is 2.52 bits per heavy atom. The number of anilines is 2. The van der Waals surface area contributed by atoms with Gasteiger partial charge in [-0.1, -0.05) is 0 Å². The highest BCUT2D eigenvalue weighted by atomic mass is 16.3. The predicted octanol–water partition coefficient (Wildman–Crippen LogP) is -0.844. The largest absolute Gasteiger partial charge is 0.494 e. The van der Waals surface area contributed by atoms with Crippen molar-refractivity contribution >= 4 is 29.0 Å². The normalized spacial score (nSPS) is 12.7. The number of carbonyl (C=O) groups is 3. The van der Waals surface area contributed by atoms with Crippen molar-refractivity contribution in [2.45, 2.75) is 0 Å². The third kappa shape index (κ3) is 2.37. The topological polar surface area (TPSA) is 161 Å². The predicted molar refractivity (Wildman–Crippen MR) is 76.7 cm³/mol. The number of hydrogen-bond acceptors (Lipinski definition) is 6. The minimum absolute atomic E-state index is 0.0763. The van der Waals surface area contributed by atoms with Crippen LogP contribution in [0.25, 0.3) is 0 Å². The van der Waals surface area contributed by atoms with E-state index in [1.165, 1.54) is 18.2 Å². The molecule has 10 nitrogen and oxygen atoms in total. The van der Waals surface area contributed by atoms with E-state index in [2.05, 4.69) is 10.6 Å². The minimum Gasteiger partial charge on any atom is -0.494 e. The highest BCUT2D eigenvalue weighted by Gasteiger charge is 2.28. The Labute approximate surface area is 126 Å². The number of fused-ring (bicyclic) bond motifs is 1. The summed E-state index contributed by atoms with van der Waals surface area (Å²) in [5.74, 6) is -3.41. The molecule has 0 saturated carbocycles. The second-order valence-electron chi connectivity index (χ2n) is 4.63. The van der Waals surface area contributed by atoms with E-state index in [-0.39, 0.29) is 11.3 Å². The molecule has 0 unspecified atom stereocenters. The number of ketones is 1. The van der Waals surface area contributed by atoms with Crippen molar-refractivity contribution in [3.63, 3.8) is 0 Å². The van der Waals surface area contributed by atoms with Crippen LogP contribution in [0.15, 0.2) is 27.8 Å². The molecule has 1 aliphatic heterocycles. The van der Waals surface area contributed by atoms with Gasteiger partial charge in [-0.3, -0.25) is 29.1 Å². The first-order valence-corrected chi connectivity index (χ1v) is 6.23. The average Bonchev–Trinajstić information content (AvgIpc) is 2.73. The van der Waals surface area contributed by atoms with E-state index in [4.69, 9.17) is 0 Å². The van der Waals surface area contributed by atoms with E-state index in [9.17, 15) is 29.1 Å². The molecule has 2 aromatic rings. The molecule has 10 heteroatoms. The molecular weight excluding hydrogens is 308 g/mol. The van der Waals surface area contributed by atoms with Gasteiger partial charge in [-0.05, 0) is 18.2 Å². The Bertz CT molecular complexity index is 987. The Morgan fingerprint density at radius 1 is 1.09 bits per heavy atom. The van der Waals surface area contributed by atoms with Crippen molar-refractivity contribution in [1.29, 1.82) is 0 Å². The Morgan fingerprint density at radius 2 is 1.83 bits per heavy atom. The molecule has 0 fully saturated rings. The Kier molecular flexibility index (Phi) is 3.06. The van der Waals surface area contributed by atoms with Gasteiger partial charge in [0.05, 0.1) is 11.3 Å². The molecule has 5 N–H and O–H groups in total. The molecule has 0 atom stereocenters. The van der Waals surface area contributed by atoms with Crippen LogP contribution in [0, 0.1) is 0 Å². The maximum Gasteiger partial charge on any atom is 0.328 e. The molecule has 3 rings (SSSR count). The third-order valence-corrected chi connectivity index (χ3v) is 3.13. The van der Waals surface area contributed by atoms with Crippen molar-refractivity contribution in [3.8, 4) is 5.88 Å². The van der Waals surface area contributed by atoms with Crippen LogP contribution < -0.4 is 21.9 Å². The first-order valence-electron chi connectivity index (χ1n) is 6.23. The molecule has 2 heterocycles. The monoisotopic (exact) mass is 316 g/mol. The van der Waals surface area contributed by atoms with Gasteiger partial charge in [0.2, 0.25) is 5.88 Å². The van der Waals surface area contributed by atoms with Gasteiger partial charge in [0.1, 0.15) is 0 Å². The highest BCUT2D eigenvalue weighted by Crippen LogP contribution is 2.26. The quantitative estimate of drug-likeness (QED) is 0.454. The Balaban J connectivity index is 1.94. The van der Waals surface area contributed by atoms with Gasteiger partial charge < -0.3 is 15.7 Å². The van der Waals surface area contributed by atoms with Crippen molar-refractivity contribution < 1.29 is 19.5 Å². The highest BCUT2D eigenvalue weighted by molar-refractivity contribution is 6.51. The lowest BCUT2D eigenvalue weighted by atomic mass is 10.1. The van der Waals surface area contributed by atoms with Gasteiger partial charge in [0.15, 0.2) is 5.56 Å². The minimum atomic E-state index is -1.07. The standard InChI is InChI=1S/C13H8N4O6/c18-8-5-3-4(1-2-6(5)15-12(8)22)14-9(19)7-10(20)16-13(23)17-11(7)21/h1-3H,(H,14,19)(H,15,18,22)(H3,16,17,20,21,23). The fraction of sp³-hybridized carbons (Fsp3) is 0. The fourth-order valence-corrected chi connectivity index (χ4v) is 2.10. The number of benzene rings is 1. The first-order chi connectivity index (χ1) is 10.9. The summed E-state index contributed by atoms with van der Waals surface area (Å²) >= 11 is 0. The van der Waals surface area contributed by atoms with Crippen LogP contribution in [0.4, 0.5) is 11.4 Å². The lowest BCUT2D eigenvalue weighted by Crippen LogP contribution is -2.30. The average molecular weight is 316 g/mol. The molecule has 1 aromatic carbocycles. The molecule has 0 radical (unpaired) electrons. The lowest BCUT2D eigenvalue weighted by Gasteiger charge is -2.06. The number of Topliss-reactive ketones (excluding diaryl/α,β-unsaturated/α-hetero) is 1. The number of nitrogens with one attached hydrogen (secondary N) is 4. The van der Waals surface area contributed by atoms with Gasteiger partial charge in [0.25, 0.3) is 23.2 Å². The number of aromatic nitrogens is 2. The van der Waals surface area contributed by atoms with E-state index in [1.807, 2.05) is 4.98 Å². The molecule has 2 amide bonds. The molecule has 0 aliphatic carbocycles. The van der Waals surface area contributed by atoms with E-state index in [0.29, 0.717) is 5.69 Å². The maximum atomic E-state index is 12.0. The lowest BCUT2D eigenvalue weighted by molar-refractivity contribution is -0.112. The summed E-state index contributed by atoms with van der Waals surface area (Å²) in [5.41, 5.74) is -2.21. The smallest absolute Gasteiger partial charge is 0.328 e. The summed E-state index contributed by atoms with van der Waals surface area (Å²) < 4.78 is 0. The Hall–Kier alpha value is -3.69. The molecule has 116 valence electrons. The molecule has 0 spiro atoms. The number of H-pyrrole nitrogens is 2. The summed E-state index contributed by atoms with van der Waals surface area (Å²) in [7, 11) is 0. The van der Waals surface area contributed by atoms with Crippen molar-refractivity contribution in [2.24, 2.45) is 0 Å². The van der Waals surface area contributed by atoms with Crippen LogP contribution in [0.1, 0.15) is 20.7 Å². The number of aromatic hydroxyl groups is 1. The van der Waals surface area contributed by atoms with Crippen LogP contribution in [0.5, 0.6) is 5.88 Å². The van der Waals surface area contributed by atoms with Crippen molar-refractivity contribution in [2.75, 3.05) is 10.6 Å². The van der Waals surface area contributed by atoms with Crippen molar-refractivity contribution in [1.82, 2.24) is 9.97 Å². The van der Waals surface area contributed by atoms with Crippen molar-refractivity contribution in [3.05, 3.63) is 50.2 Å². The van der Waals surface area contributed by atoms with Gasteiger partial charge in [-0.25, -0.2) is 4.79 Å². The SMILES string of the molecule is O=C1Nc2ccc(NC(=O)c3c(O)[nH]c(=O)[nH]c3=O)cc2C1=O. The van der Waals surface area contributed by atoms with E-state index in [0.717, 1.165) is 0 Å². The van der Waals surface area contributed by atoms with E-state index < -0.39 is 40.3 Å². The molecular formula is C13H8N4O6. The second kappa shape index (κ2) is 4.94. The van der Waals surface area contributed by atoms with Gasteiger partial charge in [-0.2, -0.15) is 0 Å². The van der Waals surface area contributed by atoms with Crippen LogP contribution in [-0.4, -0.2) is 32.7 Å². The van der Waals surface area contributed by atoms with Crippen LogP contribution in [0.2, 0.25) is 0 Å². The van der Waals surface area contributed by atoms with Gasteiger partial charge in [0, 0.05) is 5.69 Å². The summed E-state index contributed by atoms with van der Waals surface area (Å²) in [6.07, 6.45) is 0. The summed E-state index contributed by atoms with van der Waals surface area (Å²) in [5, 5.41) is 14.1. The zero-order valence-electron chi connectivity index (χ0n) is 11.2. The zero-order chi connectivity index (χ0) is 16.7. The summed E-state index contributed by atoms with van der Waals surface area (Å²) in [4.78, 5) is 61.1. The number of amides is 2. The zero-order valence-corrected chi connectivity index (χ0v) is 11.2. The second-order valence-corrected chi connectivity index (χ2v) is 4.63. The molecule has 0 saturated heterocycles. The van der Waals surface area contributed by atoms with Gasteiger partial charge >= 0.3 is 5.69 Å². The van der Waals surface area contributed by atoms with Crippen LogP contribution in [-0.2, 0) is 4.79 Å². The third-order valence-electron chi connectivity index (χ3n) is 3.13. The summed E-state index contributed by atoms with van der Waals surface area (Å²) in [6, 6.07) is 4.06. The van der Waals surface area contributed by atoms with E-state index >= 15 is 0 Å². The number of aromatic amines is 2. The first kappa shape index (κ1) is 14.3. The molecule has 23 heavy (non-hydrogen) atoms. The number of carbonyl (C=O) groups excluding carboxylic acids is 3. The summed E-state index contributed by atoms with van der Waals surface area (Å²) in [6.45, 7) is 0. The van der Waals surface area contributed by atoms with Crippen LogP contribution >= 0.6 is 0 Å². The fourth-order valence-electron chi connectivity index (χ4n) is 2.10. The maximum absolute atomic E-state index is 12.0. The van der Waals surface area contributed by atoms with Crippen LogP contribution in [0.3, 0.4) is 0 Å². The van der Waals surface area contributed by atoms with E-state index in [1.54, 1.807) is 4.98 Å². The molecule has 1 aromatic heterocycles. The number of hydrogen-bond donors (Lipinski definition) is 5. The molecule has 1 aliphatic rings. The number of rotatable bonds is 2.